The third-order valence-electron chi connectivity index (χ3n) is 4.99. The van der Waals surface area contributed by atoms with Crippen LogP contribution in [0.15, 0.2) is 71.2 Å². The van der Waals surface area contributed by atoms with Gasteiger partial charge in [-0.05, 0) is 29.8 Å². The first kappa shape index (κ1) is 22.7. The molecule has 2 aromatic carbocycles. The highest BCUT2D eigenvalue weighted by molar-refractivity contribution is 6.30. The fourth-order valence-corrected chi connectivity index (χ4v) is 3.67. The van der Waals surface area contributed by atoms with E-state index in [1.165, 1.54) is 26.2 Å². The van der Waals surface area contributed by atoms with E-state index in [0.29, 0.717) is 22.0 Å². The van der Waals surface area contributed by atoms with E-state index in [2.05, 4.69) is 6.07 Å². The molecule has 0 bridgehead atoms. The molecule has 0 aromatic heterocycles. The van der Waals surface area contributed by atoms with E-state index < -0.39 is 17.9 Å². The topological polar surface area (TPSA) is 115 Å². The van der Waals surface area contributed by atoms with Gasteiger partial charge < -0.3 is 19.9 Å². The smallest absolute Gasteiger partial charge is 0.355 e. The van der Waals surface area contributed by atoms with Gasteiger partial charge in [-0.3, -0.25) is 4.90 Å². The van der Waals surface area contributed by atoms with E-state index in [1.807, 2.05) is 0 Å². The third-order valence-corrected chi connectivity index (χ3v) is 5.24. The van der Waals surface area contributed by atoms with E-state index in [-0.39, 0.29) is 22.7 Å². The number of hydrogen-bond acceptors (Lipinski definition) is 8. The van der Waals surface area contributed by atoms with Crippen LogP contribution in [0.2, 0.25) is 5.02 Å². The van der Waals surface area contributed by atoms with Crippen molar-refractivity contribution in [1.29, 1.82) is 5.26 Å². The average Bonchev–Trinajstić information content (AvgIpc) is 2.82. The average molecular weight is 454 g/mol. The fraction of sp³-hybridized carbons (Fsp3) is 0.174. The Hall–Kier alpha value is -3.96. The molecule has 32 heavy (non-hydrogen) atoms. The van der Waals surface area contributed by atoms with Gasteiger partial charge in [-0.2, -0.15) is 5.26 Å². The summed E-state index contributed by atoms with van der Waals surface area (Å²) in [6, 6.07) is 15.3. The van der Waals surface area contributed by atoms with Crippen LogP contribution in [0.25, 0.3) is 0 Å². The zero-order chi connectivity index (χ0) is 23.4. The van der Waals surface area contributed by atoms with Crippen molar-refractivity contribution in [1.82, 2.24) is 0 Å². The van der Waals surface area contributed by atoms with E-state index in [0.717, 1.165) is 0 Å². The lowest BCUT2D eigenvalue weighted by Crippen LogP contribution is -2.40. The highest BCUT2D eigenvalue weighted by atomic mass is 35.5. The first-order valence-corrected chi connectivity index (χ1v) is 9.75. The van der Waals surface area contributed by atoms with Crippen molar-refractivity contribution in [2.45, 2.75) is 5.92 Å². The van der Waals surface area contributed by atoms with Gasteiger partial charge in [0.05, 0.1) is 50.2 Å². The van der Waals surface area contributed by atoms with Crippen molar-refractivity contribution in [2.75, 3.05) is 26.2 Å². The summed E-state index contributed by atoms with van der Waals surface area (Å²) in [4.78, 5) is 27.2. The quantitative estimate of drug-likeness (QED) is 0.686. The van der Waals surface area contributed by atoms with E-state index >= 15 is 0 Å². The number of hydrogen-bond donors (Lipinski definition) is 1. The molecule has 1 aliphatic heterocycles. The highest BCUT2D eigenvalue weighted by Crippen LogP contribution is 2.43. The molecule has 8 nitrogen and oxygen atoms in total. The van der Waals surface area contributed by atoms with Crippen LogP contribution in [0, 0.1) is 11.3 Å². The molecule has 0 saturated carbocycles. The number of anilines is 1. The largest absolute Gasteiger partial charge is 0.497 e. The Kier molecular flexibility index (Phi) is 6.71. The van der Waals surface area contributed by atoms with Crippen molar-refractivity contribution in [3.8, 4) is 11.8 Å². The molecule has 164 valence electrons. The molecule has 0 aliphatic carbocycles. The lowest BCUT2D eigenvalue weighted by atomic mass is 9.81. The van der Waals surface area contributed by atoms with Crippen molar-refractivity contribution in [2.24, 2.45) is 5.73 Å². The van der Waals surface area contributed by atoms with E-state index in [4.69, 9.17) is 31.5 Å². The van der Waals surface area contributed by atoms with Crippen LogP contribution >= 0.6 is 11.6 Å². The summed E-state index contributed by atoms with van der Waals surface area (Å²) in [5.41, 5.74) is 7.15. The molecule has 0 spiro atoms. The number of ether oxygens (including phenoxy) is 3. The molecule has 0 amide bonds. The molecular weight excluding hydrogens is 434 g/mol. The van der Waals surface area contributed by atoms with Crippen molar-refractivity contribution < 1.29 is 23.8 Å². The Morgan fingerprint density at radius 1 is 1.06 bits per heavy atom. The van der Waals surface area contributed by atoms with Gasteiger partial charge >= 0.3 is 11.9 Å². The van der Waals surface area contributed by atoms with Gasteiger partial charge in [-0.25, -0.2) is 9.59 Å². The Morgan fingerprint density at radius 2 is 1.72 bits per heavy atom. The monoisotopic (exact) mass is 453 g/mol. The van der Waals surface area contributed by atoms with Gasteiger partial charge in [0, 0.05) is 11.1 Å². The second kappa shape index (κ2) is 9.45. The van der Waals surface area contributed by atoms with Gasteiger partial charge in [0.15, 0.2) is 0 Å². The zero-order valence-corrected chi connectivity index (χ0v) is 18.3. The fourth-order valence-electron chi connectivity index (χ4n) is 3.54. The van der Waals surface area contributed by atoms with E-state index in [9.17, 15) is 14.9 Å². The number of rotatable bonds is 5. The van der Waals surface area contributed by atoms with E-state index in [1.54, 1.807) is 48.5 Å². The predicted molar refractivity (Wildman–Crippen MR) is 118 cm³/mol. The number of carbonyl (C=O) groups is 2. The number of methoxy groups -OCH3 is 3. The maximum atomic E-state index is 13.0. The summed E-state index contributed by atoms with van der Waals surface area (Å²) < 4.78 is 15.2. The Labute approximate surface area is 190 Å². The van der Waals surface area contributed by atoms with Gasteiger partial charge in [-0.1, -0.05) is 29.8 Å². The van der Waals surface area contributed by atoms with Gasteiger partial charge in [0.2, 0.25) is 0 Å². The third kappa shape index (κ3) is 3.98. The normalized spacial score (nSPS) is 15.8. The van der Waals surface area contributed by atoms with Crippen LogP contribution < -0.4 is 15.4 Å². The zero-order valence-electron chi connectivity index (χ0n) is 17.6. The predicted octanol–water partition coefficient (Wildman–Crippen LogP) is 3.25. The molecular formula is C23H20ClN3O5. The van der Waals surface area contributed by atoms with Crippen molar-refractivity contribution in [3.63, 3.8) is 0 Å². The maximum Gasteiger partial charge on any atom is 0.355 e. The van der Waals surface area contributed by atoms with Crippen LogP contribution in [-0.4, -0.2) is 33.3 Å². The lowest BCUT2D eigenvalue weighted by molar-refractivity contribution is -0.139. The lowest BCUT2D eigenvalue weighted by Gasteiger charge is -2.36. The minimum atomic E-state index is -0.972. The SMILES string of the molecule is COC(=O)C1=C(C(=O)OC)N(c2cccc(OC)c2)C(N)=C(C#N)C1c1ccc(Cl)cc1. The minimum absolute atomic E-state index is 0.0336. The molecule has 2 N–H and O–H groups in total. The second-order valence-corrected chi connectivity index (χ2v) is 7.11. The number of nitrogens with zero attached hydrogens (tertiary/aromatic N) is 2. The summed E-state index contributed by atoms with van der Waals surface area (Å²) in [6.45, 7) is 0. The molecule has 3 rings (SSSR count). The van der Waals surface area contributed by atoms with Crippen molar-refractivity contribution >= 4 is 29.2 Å². The summed E-state index contributed by atoms with van der Waals surface area (Å²) >= 11 is 6.01. The number of allylic oxidation sites excluding steroid dienone is 1. The van der Waals surface area contributed by atoms with Gasteiger partial charge in [-0.15, -0.1) is 0 Å². The summed E-state index contributed by atoms with van der Waals surface area (Å²) in [5.74, 6) is -2.16. The number of nitriles is 1. The minimum Gasteiger partial charge on any atom is -0.497 e. The van der Waals surface area contributed by atoms with Crippen LogP contribution in [0.3, 0.4) is 0 Å². The van der Waals surface area contributed by atoms with Crippen LogP contribution in [-0.2, 0) is 19.1 Å². The molecule has 1 atom stereocenters. The number of esters is 2. The standard InChI is InChI=1S/C23H20ClN3O5/c1-30-16-6-4-5-15(11-16)27-20(23(29)32-3)19(22(28)31-2)18(17(12-25)21(27)26)13-7-9-14(24)10-8-13/h4-11,18H,26H2,1-3H3. The molecule has 9 heteroatoms. The molecule has 1 heterocycles. The molecule has 1 aliphatic rings. The summed E-state index contributed by atoms with van der Waals surface area (Å²) in [7, 11) is 3.86. The highest BCUT2D eigenvalue weighted by Gasteiger charge is 2.43. The van der Waals surface area contributed by atoms with Gasteiger partial charge in [0.25, 0.3) is 0 Å². The Balaban J connectivity index is 2.40. The summed E-state index contributed by atoms with van der Waals surface area (Å²) in [5, 5.41) is 10.5. The van der Waals surface area contributed by atoms with Crippen LogP contribution in [0.5, 0.6) is 5.75 Å². The summed E-state index contributed by atoms with van der Waals surface area (Å²) in [6.07, 6.45) is 0. The van der Waals surface area contributed by atoms with Gasteiger partial charge in [0.1, 0.15) is 17.3 Å². The Morgan fingerprint density at radius 3 is 2.28 bits per heavy atom. The number of benzene rings is 2. The van der Waals surface area contributed by atoms with Crippen molar-refractivity contribution in [3.05, 3.63) is 81.8 Å². The maximum absolute atomic E-state index is 13.0. The molecule has 1 unspecified atom stereocenters. The molecule has 0 radical (unpaired) electrons. The first-order valence-electron chi connectivity index (χ1n) is 9.38. The second-order valence-electron chi connectivity index (χ2n) is 6.68. The first-order chi connectivity index (χ1) is 15.4. The molecule has 2 aromatic rings. The number of nitrogens with two attached hydrogens (primary N) is 1. The van der Waals surface area contributed by atoms with Crippen LogP contribution in [0.4, 0.5) is 5.69 Å². The number of halogens is 1. The molecule has 0 saturated heterocycles. The number of carbonyl (C=O) groups excluding carboxylic acids is 2. The van der Waals surface area contributed by atoms with Crippen LogP contribution in [0.1, 0.15) is 11.5 Å². The molecule has 0 fully saturated rings. The Bertz CT molecular complexity index is 1160.